The number of aromatic nitrogens is 2. The number of Topliss-reactive ketones (excluding diaryl/α,β-unsaturated/α-hetero) is 1. The summed E-state index contributed by atoms with van der Waals surface area (Å²) >= 11 is 0. The van der Waals surface area contributed by atoms with Crippen molar-refractivity contribution in [2.75, 3.05) is 0 Å². The van der Waals surface area contributed by atoms with Gasteiger partial charge in [0.1, 0.15) is 11.6 Å². The number of aromatic amines is 1. The number of halogens is 2. The summed E-state index contributed by atoms with van der Waals surface area (Å²) in [5.74, 6) is -3.57. The van der Waals surface area contributed by atoms with Crippen LogP contribution in [0.2, 0.25) is 0 Å². The van der Waals surface area contributed by atoms with Crippen LogP contribution in [0.25, 0.3) is 0 Å². The monoisotopic (exact) mass is 354 g/mol. The molecule has 0 fully saturated rings. The van der Waals surface area contributed by atoms with Gasteiger partial charge in [-0.2, -0.15) is 0 Å². The topological polar surface area (TPSA) is 79.9 Å². The third kappa shape index (κ3) is 3.32. The second kappa shape index (κ2) is 7.18. The van der Waals surface area contributed by atoms with Gasteiger partial charge in [-0.25, -0.2) is 8.78 Å². The highest BCUT2D eigenvalue weighted by Gasteiger charge is 2.23. The van der Waals surface area contributed by atoms with Gasteiger partial charge in [-0.1, -0.05) is 6.07 Å². The van der Waals surface area contributed by atoms with Gasteiger partial charge in [0.25, 0.3) is 0 Å². The molecule has 2 heterocycles. The van der Waals surface area contributed by atoms with E-state index in [0.29, 0.717) is 5.56 Å². The van der Waals surface area contributed by atoms with E-state index in [1.165, 1.54) is 12.3 Å². The second-order valence-electron chi connectivity index (χ2n) is 5.54. The molecule has 0 amide bonds. The van der Waals surface area contributed by atoms with Crippen LogP contribution in [-0.4, -0.2) is 27.8 Å². The summed E-state index contributed by atoms with van der Waals surface area (Å²) in [7, 11) is 0. The molecule has 26 heavy (non-hydrogen) atoms. The molecule has 0 spiro atoms. The zero-order valence-corrected chi connectivity index (χ0v) is 13.3. The lowest BCUT2D eigenvalue weighted by Crippen LogP contribution is -2.09. The van der Waals surface area contributed by atoms with Gasteiger partial charge in [-0.05, 0) is 29.8 Å². The summed E-state index contributed by atoms with van der Waals surface area (Å²) < 4.78 is 28.0. The van der Waals surface area contributed by atoms with E-state index in [1.807, 2.05) is 0 Å². The zero-order valence-electron chi connectivity index (χ0n) is 13.3. The van der Waals surface area contributed by atoms with E-state index in [-0.39, 0.29) is 29.7 Å². The first-order valence-electron chi connectivity index (χ1n) is 7.59. The van der Waals surface area contributed by atoms with Crippen LogP contribution in [0.3, 0.4) is 0 Å². The molecule has 3 aromatic rings. The third-order valence-corrected chi connectivity index (χ3v) is 3.81. The van der Waals surface area contributed by atoms with Crippen molar-refractivity contribution in [3.05, 3.63) is 88.5 Å². The zero-order chi connectivity index (χ0) is 18.7. The summed E-state index contributed by atoms with van der Waals surface area (Å²) in [6.45, 7) is 0. The van der Waals surface area contributed by atoms with E-state index in [9.17, 15) is 23.2 Å². The first-order valence-corrected chi connectivity index (χ1v) is 7.59. The number of hydrogen-bond donors (Lipinski definition) is 1. The number of aldehydes is 1. The summed E-state index contributed by atoms with van der Waals surface area (Å²) in [6, 6.07) is 6.45. The van der Waals surface area contributed by atoms with Crippen LogP contribution < -0.4 is 0 Å². The molecule has 0 bridgehead atoms. The fourth-order valence-electron chi connectivity index (χ4n) is 2.48. The molecule has 0 saturated heterocycles. The standard InChI is InChI=1S/C19H12F2N2O3/c20-14-4-3-12(10-24)18(21)17(14)19(26)13-7-15(23-9-13)16(25)6-11-2-1-5-22-8-11/h1-5,7-10,23H,6H2. The molecule has 0 radical (unpaired) electrons. The molecule has 1 N–H and O–H groups in total. The number of carbonyl (C=O) groups excluding carboxylic acids is 3. The van der Waals surface area contributed by atoms with Crippen molar-refractivity contribution in [3.63, 3.8) is 0 Å². The minimum atomic E-state index is -1.23. The van der Waals surface area contributed by atoms with Gasteiger partial charge in [0.05, 0.1) is 16.8 Å². The number of carbonyl (C=O) groups is 3. The van der Waals surface area contributed by atoms with Crippen molar-refractivity contribution in [3.8, 4) is 0 Å². The largest absolute Gasteiger partial charge is 0.358 e. The molecule has 0 unspecified atom stereocenters. The van der Waals surface area contributed by atoms with E-state index in [2.05, 4.69) is 9.97 Å². The smallest absolute Gasteiger partial charge is 0.200 e. The average Bonchev–Trinajstić information content (AvgIpc) is 3.13. The number of pyridine rings is 1. The molecule has 130 valence electrons. The Balaban J connectivity index is 1.87. The predicted octanol–water partition coefficient (Wildman–Crippen LogP) is 3.16. The van der Waals surface area contributed by atoms with E-state index >= 15 is 0 Å². The predicted molar refractivity (Wildman–Crippen MR) is 88.2 cm³/mol. The summed E-state index contributed by atoms with van der Waals surface area (Å²) in [6.07, 6.45) is 4.58. The van der Waals surface area contributed by atoms with Gasteiger partial charge in [-0.15, -0.1) is 0 Å². The van der Waals surface area contributed by atoms with Gasteiger partial charge in [0, 0.05) is 30.6 Å². The third-order valence-electron chi connectivity index (χ3n) is 3.81. The van der Waals surface area contributed by atoms with E-state index in [4.69, 9.17) is 0 Å². The Labute approximate surface area is 146 Å². The highest BCUT2D eigenvalue weighted by Crippen LogP contribution is 2.20. The van der Waals surface area contributed by atoms with Gasteiger partial charge in [0.2, 0.25) is 5.78 Å². The number of nitrogens with zero attached hydrogens (tertiary/aromatic N) is 1. The minimum absolute atomic E-state index is 0.0608. The maximum atomic E-state index is 14.1. The molecular weight excluding hydrogens is 342 g/mol. The Morgan fingerprint density at radius 2 is 2.00 bits per heavy atom. The quantitative estimate of drug-likeness (QED) is 0.545. The number of rotatable bonds is 6. The summed E-state index contributed by atoms with van der Waals surface area (Å²) in [5, 5.41) is 0. The highest BCUT2D eigenvalue weighted by molar-refractivity contribution is 6.11. The second-order valence-corrected chi connectivity index (χ2v) is 5.54. The highest BCUT2D eigenvalue weighted by atomic mass is 19.1. The van der Waals surface area contributed by atoms with Crippen LogP contribution in [0, 0.1) is 11.6 Å². The van der Waals surface area contributed by atoms with Crippen LogP contribution in [0.15, 0.2) is 48.9 Å². The Morgan fingerprint density at radius 3 is 2.69 bits per heavy atom. The van der Waals surface area contributed by atoms with Crippen molar-refractivity contribution in [1.82, 2.24) is 9.97 Å². The fourth-order valence-corrected chi connectivity index (χ4v) is 2.48. The summed E-state index contributed by atoms with van der Waals surface area (Å²) in [4.78, 5) is 42.0. The van der Waals surface area contributed by atoms with E-state index in [0.717, 1.165) is 12.1 Å². The Bertz CT molecular complexity index is 997. The molecule has 3 rings (SSSR count). The Hall–Kier alpha value is -3.48. The molecular formula is C19H12F2N2O3. The number of benzene rings is 1. The fraction of sp³-hybridized carbons (Fsp3) is 0.0526. The molecule has 2 aromatic heterocycles. The van der Waals surface area contributed by atoms with Crippen molar-refractivity contribution in [2.45, 2.75) is 6.42 Å². The molecule has 1 aromatic carbocycles. The van der Waals surface area contributed by atoms with E-state index < -0.39 is 28.5 Å². The normalized spacial score (nSPS) is 10.5. The number of nitrogens with one attached hydrogen (secondary N) is 1. The van der Waals surface area contributed by atoms with Crippen LogP contribution in [-0.2, 0) is 6.42 Å². The van der Waals surface area contributed by atoms with Crippen LogP contribution in [0.1, 0.15) is 42.3 Å². The van der Waals surface area contributed by atoms with E-state index in [1.54, 1.807) is 24.5 Å². The number of ketones is 2. The van der Waals surface area contributed by atoms with Crippen molar-refractivity contribution < 1.29 is 23.2 Å². The van der Waals surface area contributed by atoms with Crippen molar-refractivity contribution in [2.24, 2.45) is 0 Å². The minimum Gasteiger partial charge on any atom is -0.358 e. The molecule has 0 aliphatic heterocycles. The van der Waals surface area contributed by atoms with Gasteiger partial charge >= 0.3 is 0 Å². The van der Waals surface area contributed by atoms with Gasteiger partial charge in [-0.3, -0.25) is 19.4 Å². The first kappa shape index (κ1) is 17.3. The Kier molecular flexibility index (Phi) is 4.79. The maximum absolute atomic E-state index is 14.1. The maximum Gasteiger partial charge on any atom is 0.200 e. The number of hydrogen-bond acceptors (Lipinski definition) is 4. The lowest BCUT2D eigenvalue weighted by molar-refractivity contribution is 0.0987. The lowest BCUT2D eigenvalue weighted by Gasteiger charge is -2.04. The van der Waals surface area contributed by atoms with Crippen LogP contribution in [0.4, 0.5) is 8.78 Å². The van der Waals surface area contributed by atoms with Crippen molar-refractivity contribution in [1.29, 1.82) is 0 Å². The molecule has 0 atom stereocenters. The SMILES string of the molecule is O=Cc1ccc(F)c(C(=O)c2c[nH]c(C(=O)Cc3cccnc3)c2)c1F. The first-order chi connectivity index (χ1) is 12.5. The van der Waals surface area contributed by atoms with Gasteiger partial charge < -0.3 is 4.98 Å². The molecule has 7 heteroatoms. The molecule has 5 nitrogen and oxygen atoms in total. The Morgan fingerprint density at radius 1 is 1.19 bits per heavy atom. The molecule has 0 aliphatic carbocycles. The average molecular weight is 354 g/mol. The molecule has 0 aliphatic rings. The summed E-state index contributed by atoms with van der Waals surface area (Å²) in [5.41, 5.74) is -0.515. The van der Waals surface area contributed by atoms with Gasteiger partial charge in [0.15, 0.2) is 12.1 Å². The lowest BCUT2D eigenvalue weighted by atomic mass is 10.0. The van der Waals surface area contributed by atoms with Crippen LogP contribution in [0.5, 0.6) is 0 Å². The number of H-pyrrole nitrogens is 1. The molecule has 0 saturated carbocycles. The van der Waals surface area contributed by atoms with Crippen molar-refractivity contribution >= 4 is 17.9 Å². The van der Waals surface area contributed by atoms with Crippen LogP contribution >= 0.6 is 0 Å².